The summed E-state index contributed by atoms with van der Waals surface area (Å²) in [5, 5.41) is 8.75. The largest absolute Gasteiger partial charge is 0.294 e. The average Bonchev–Trinajstić information content (AvgIpc) is 2.16. The summed E-state index contributed by atoms with van der Waals surface area (Å²) in [6, 6.07) is 4.34. The molecule has 0 aromatic heterocycles. The second kappa shape index (κ2) is 4.18. The lowest BCUT2D eigenvalue weighted by atomic mass is 9.97. The Kier molecular flexibility index (Phi) is 3.15. The van der Waals surface area contributed by atoms with E-state index in [-0.39, 0.29) is 22.5 Å². The van der Waals surface area contributed by atoms with Crippen LogP contribution in [0.15, 0.2) is 12.1 Å². The summed E-state index contributed by atoms with van der Waals surface area (Å²) in [6.45, 7) is 2.87. The molecule has 0 radical (unpaired) electrons. The molecule has 0 aliphatic rings. The SMILES string of the molecule is CC(=O)c1cc(C)cc(C(F)F)c1C#N. The Morgan fingerprint density at radius 2 is 2.07 bits per heavy atom. The number of Topliss-reactive ketones (excluding diaryl/α,β-unsaturated/α-hetero) is 1. The van der Waals surface area contributed by atoms with Gasteiger partial charge in [0.15, 0.2) is 5.78 Å². The predicted octanol–water partition coefficient (Wildman–Crippen LogP) is 3.01. The molecule has 1 aromatic carbocycles. The minimum absolute atomic E-state index is 0.0628. The first-order valence-corrected chi connectivity index (χ1v) is 4.31. The van der Waals surface area contributed by atoms with E-state index in [0.29, 0.717) is 5.56 Å². The van der Waals surface area contributed by atoms with Gasteiger partial charge in [-0.15, -0.1) is 0 Å². The molecule has 0 bridgehead atoms. The normalized spacial score (nSPS) is 10.1. The first kappa shape index (κ1) is 11.3. The Balaban J connectivity index is 3.54. The molecule has 0 spiro atoms. The second-order valence-electron chi connectivity index (χ2n) is 3.25. The third-order valence-corrected chi connectivity index (χ3v) is 2.04. The number of hydrogen-bond donors (Lipinski definition) is 0. The highest BCUT2D eigenvalue weighted by atomic mass is 19.3. The van der Waals surface area contributed by atoms with E-state index in [2.05, 4.69) is 0 Å². The molecule has 2 nitrogen and oxygen atoms in total. The highest BCUT2D eigenvalue weighted by molar-refractivity contribution is 5.97. The number of carbonyl (C=O) groups excluding carboxylic acids is 1. The van der Waals surface area contributed by atoms with Crippen LogP contribution in [0.1, 0.15) is 40.4 Å². The lowest BCUT2D eigenvalue weighted by molar-refractivity contribution is 0.101. The molecule has 4 heteroatoms. The van der Waals surface area contributed by atoms with Crippen LogP contribution < -0.4 is 0 Å². The third-order valence-electron chi connectivity index (χ3n) is 2.04. The van der Waals surface area contributed by atoms with E-state index >= 15 is 0 Å². The molecule has 0 amide bonds. The lowest BCUT2D eigenvalue weighted by Crippen LogP contribution is -2.02. The molecule has 0 aliphatic carbocycles. The number of hydrogen-bond acceptors (Lipinski definition) is 2. The molecule has 1 rings (SSSR count). The summed E-state index contributed by atoms with van der Waals surface area (Å²) in [5.74, 6) is -0.378. The van der Waals surface area contributed by atoms with Gasteiger partial charge in [0.2, 0.25) is 0 Å². The van der Waals surface area contributed by atoms with Gasteiger partial charge in [-0.3, -0.25) is 4.79 Å². The van der Waals surface area contributed by atoms with Crippen molar-refractivity contribution >= 4 is 5.78 Å². The fourth-order valence-electron chi connectivity index (χ4n) is 1.39. The Bertz CT molecular complexity index is 447. The minimum atomic E-state index is -2.74. The van der Waals surface area contributed by atoms with Gasteiger partial charge < -0.3 is 0 Å². The quantitative estimate of drug-likeness (QED) is 0.702. The first-order valence-electron chi connectivity index (χ1n) is 4.31. The van der Waals surface area contributed by atoms with Gasteiger partial charge in [0.25, 0.3) is 6.43 Å². The molecule has 0 aliphatic heterocycles. The van der Waals surface area contributed by atoms with E-state index in [0.717, 1.165) is 0 Å². The zero-order chi connectivity index (χ0) is 11.6. The third kappa shape index (κ3) is 2.18. The monoisotopic (exact) mass is 209 g/mol. The van der Waals surface area contributed by atoms with Crippen molar-refractivity contribution < 1.29 is 13.6 Å². The van der Waals surface area contributed by atoms with Gasteiger partial charge in [-0.05, 0) is 31.5 Å². The van der Waals surface area contributed by atoms with Crippen LogP contribution in [0, 0.1) is 18.3 Å². The number of aryl methyl sites for hydroxylation is 1. The van der Waals surface area contributed by atoms with E-state index < -0.39 is 6.43 Å². The minimum Gasteiger partial charge on any atom is -0.294 e. The number of nitrogens with zero attached hydrogens (tertiary/aromatic N) is 1. The predicted molar refractivity (Wildman–Crippen MR) is 50.9 cm³/mol. The molecule has 0 saturated carbocycles. The summed E-state index contributed by atoms with van der Waals surface area (Å²) >= 11 is 0. The van der Waals surface area contributed by atoms with Crippen molar-refractivity contribution in [3.8, 4) is 6.07 Å². The summed E-state index contributed by atoms with van der Waals surface area (Å²) in [7, 11) is 0. The standard InChI is InChI=1S/C11H9F2NO/c1-6-3-8(7(2)15)10(5-14)9(4-6)11(12)13/h3-4,11H,1-2H3. The second-order valence-corrected chi connectivity index (χ2v) is 3.25. The van der Waals surface area contributed by atoms with Crippen LogP contribution in [0.5, 0.6) is 0 Å². The van der Waals surface area contributed by atoms with Crippen LogP contribution in [-0.2, 0) is 0 Å². The molecule has 0 N–H and O–H groups in total. The topological polar surface area (TPSA) is 40.9 Å². The number of halogens is 2. The molecule has 1 aromatic rings. The average molecular weight is 209 g/mol. The van der Waals surface area contributed by atoms with Crippen LogP contribution in [0.4, 0.5) is 8.78 Å². The highest BCUT2D eigenvalue weighted by Gasteiger charge is 2.18. The molecular weight excluding hydrogens is 200 g/mol. The Morgan fingerprint density at radius 1 is 1.47 bits per heavy atom. The Labute approximate surface area is 86.1 Å². The number of carbonyl (C=O) groups is 1. The summed E-state index contributed by atoms with van der Waals surface area (Å²) in [4.78, 5) is 11.2. The molecule has 0 fully saturated rings. The van der Waals surface area contributed by atoms with Crippen LogP contribution in [0.3, 0.4) is 0 Å². The fraction of sp³-hybridized carbons (Fsp3) is 0.273. The summed E-state index contributed by atoms with van der Waals surface area (Å²) in [6.07, 6.45) is -2.74. The highest BCUT2D eigenvalue weighted by Crippen LogP contribution is 2.26. The summed E-state index contributed by atoms with van der Waals surface area (Å²) in [5.41, 5.74) is 0.0214. The van der Waals surface area contributed by atoms with Crippen molar-refractivity contribution in [2.75, 3.05) is 0 Å². The smallest absolute Gasteiger partial charge is 0.265 e. The van der Waals surface area contributed by atoms with Gasteiger partial charge in [0, 0.05) is 11.1 Å². The number of ketones is 1. The van der Waals surface area contributed by atoms with E-state index in [1.165, 1.54) is 19.1 Å². The van der Waals surface area contributed by atoms with E-state index in [1.54, 1.807) is 13.0 Å². The number of rotatable bonds is 2. The Morgan fingerprint density at radius 3 is 2.47 bits per heavy atom. The van der Waals surface area contributed by atoms with Crippen molar-refractivity contribution in [1.29, 1.82) is 5.26 Å². The number of benzene rings is 1. The number of alkyl halides is 2. The van der Waals surface area contributed by atoms with Gasteiger partial charge in [-0.1, -0.05) is 0 Å². The molecule has 78 valence electrons. The lowest BCUT2D eigenvalue weighted by Gasteiger charge is -2.08. The van der Waals surface area contributed by atoms with Crippen LogP contribution in [-0.4, -0.2) is 5.78 Å². The van der Waals surface area contributed by atoms with Gasteiger partial charge in [-0.2, -0.15) is 5.26 Å². The van der Waals surface area contributed by atoms with Gasteiger partial charge in [-0.25, -0.2) is 8.78 Å². The maximum absolute atomic E-state index is 12.6. The molecule has 0 saturated heterocycles. The van der Waals surface area contributed by atoms with E-state index in [1.807, 2.05) is 0 Å². The van der Waals surface area contributed by atoms with E-state index in [4.69, 9.17) is 5.26 Å². The fourth-order valence-corrected chi connectivity index (χ4v) is 1.39. The Hall–Kier alpha value is -1.76. The van der Waals surface area contributed by atoms with E-state index in [9.17, 15) is 13.6 Å². The van der Waals surface area contributed by atoms with Crippen LogP contribution >= 0.6 is 0 Å². The van der Waals surface area contributed by atoms with Crippen molar-refractivity contribution in [2.45, 2.75) is 20.3 Å². The van der Waals surface area contributed by atoms with Gasteiger partial charge >= 0.3 is 0 Å². The molecule has 0 unspecified atom stereocenters. The molecule has 0 heterocycles. The van der Waals surface area contributed by atoms with Gasteiger partial charge in [0.05, 0.1) is 5.56 Å². The van der Waals surface area contributed by atoms with Crippen LogP contribution in [0.2, 0.25) is 0 Å². The van der Waals surface area contributed by atoms with Crippen molar-refractivity contribution in [1.82, 2.24) is 0 Å². The van der Waals surface area contributed by atoms with Crippen molar-refractivity contribution in [3.05, 3.63) is 34.4 Å². The maximum Gasteiger partial charge on any atom is 0.265 e. The molecule has 0 atom stereocenters. The first-order chi connectivity index (χ1) is 6.97. The zero-order valence-corrected chi connectivity index (χ0v) is 8.34. The van der Waals surface area contributed by atoms with Gasteiger partial charge in [0.1, 0.15) is 6.07 Å². The number of nitriles is 1. The summed E-state index contributed by atoms with van der Waals surface area (Å²) < 4.78 is 25.2. The van der Waals surface area contributed by atoms with Crippen molar-refractivity contribution in [3.63, 3.8) is 0 Å². The molecular formula is C11H9F2NO. The van der Waals surface area contributed by atoms with Crippen molar-refractivity contribution in [2.24, 2.45) is 0 Å². The molecule has 15 heavy (non-hydrogen) atoms. The maximum atomic E-state index is 12.6. The zero-order valence-electron chi connectivity index (χ0n) is 8.34. The van der Waals surface area contributed by atoms with Crippen LogP contribution in [0.25, 0.3) is 0 Å².